The fourth-order valence-electron chi connectivity index (χ4n) is 1.61. The van der Waals surface area contributed by atoms with Crippen LogP contribution in [-0.4, -0.2) is 68.4 Å². The number of nitrogens with one attached hydrogen (secondary N) is 2. The number of carboxylic acid groups (broad SMARTS) is 1. The summed E-state index contributed by atoms with van der Waals surface area (Å²) in [4.78, 5) is 24.2. The normalized spacial score (nSPS) is 12.2. The summed E-state index contributed by atoms with van der Waals surface area (Å²) < 4.78 is 5.33. The van der Waals surface area contributed by atoms with Crippen LogP contribution in [-0.2, 0) is 9.53 Å². The van der Waals surface area contributed by atoms with Crippen molar-refractivity contribution in [3.05, 3.63) is 0 Å². The first-order chi connectivity index (χ1) is 9.45. The van der Waals surface area contributed by atoms with Gasteiger partial charge in [-0.2, -0.15) is 0 Å². The third kappa shape index (κ3) is 11.7. The van der Waals surface area contributed by atoms with Gasteiger partial charge in [-0.05, 0) is 20.5 Å². The Labute approximate surface area is 120 Å². The first-order valence-corrected chi connectivity index (χ1v) is 6.94. The summed E-state index contributed by atoms with van der Waals surface area (Å²) in [5.74, 6) is -0.907. The SMILES string of the molecule is CCCC(CC(=O)O)NC(=O)NCCOCCN(C)C. The molecule has 1 unspecified atom stereocenters. The third-order valence-electron chi connectivity index (χ3n) is 2.61. The minimum Gasteiger partial charge on any atom is -0.481 e. The molecule has 0 fully saturated rings. The van der Waals surface area contributed by atoms with Gasteiger partial charge in [-0.25, -0.2) is 4.79 Å². The lowest BCUT2D eigenvalue weighted by Gasteiger charge is -2.16. The summed E-state index contributed by atoms with van der Waals surface area (Å²) in [6, 6.07) is -0.673. The highest BCUT2D eigenvalue weighted by molar-refractivity contribution is 5.75. The van der Waals surface area contributed by atoms with E-state index in [4.69, 9.17) is 9.84 Å². The molecule has 0 aliphatic heterocycles. The van der Waals surface area contributed by atoms with Crippen molar-refractivity contribution in [1.82, 2.24) is 15.5 Å². The molecule has 0 heterocycles. The van der Waals surface area contributed by atoms with Crippen molar-refractivity contribution in [3.8, 4) is 0 Å². The van der Waals surface area contributed by atoms with Gasteiger partial charge in [0, 0.05) is 19.1 Å². The van der Waals surface area contributed by atoms with Gasteiger partial charge in [0.2, 0.25) is 0 Å². The van der Waals surface area contributed by atoms with E-state index < -0.39 is 5.97 Å². The molecule has 0 aromatic rings. The van der Waals surface area contributed by atoms with Gasteiger partial charge < -0.3 is 25.4 Å². The Morgan fingerprint density at radius 1 is 1.30 bits per heavy atom. The monoisotopic (exact) mass is 289 g/mol. The number of carbonyl (C=O) groups excluding carboxylic acids is 1. The van der Waals surface area contributed by atoms with E-state index in [0.717, 1.165) is 13.0 Å². The van der Waals surface area contributed by atoms with Crippen LogP contribution >= 0.6 is 0 Å². The topological polar surface area (TPSA) is 90.9 Å². The number of carboxylic acids is 1. The zero-order chi connectivity index (χ0) is 15.4. The predicted octanol–water partition coefficient (Wildman–Crippen LogP) is 0.507. The number of rotatable bonds is 11. The van der Waals surface area contributed by atoms with E-state index >= 15 is 0 Å². The second-order valence-corrected chi connectivity index (χ2v) is 4.90. The first-order valence-electron chi connectivity index (χ1n) is 6.94. The van der Waals surface area contributed by atoms with E-state index in [9.17, 15) is 9.59 Å². The molecular weight excluding hydrogens is 262 g/mol. The number of ether oxygens (including phenoxy) is 1. The molecule has 0 radical (unpaired) electrons. The third-order valence-corrected chi connectivity index (χ3v) is 2.61. The molecule has 118 valence electrons. The fourth-order valence-corrected chi connectivity index (χ4v) is 1.61. The lowest BCUT2D eigenvalue weighted by molar-refractivity contribution is -0.137. The van der Waals surface area contributed by atoms with Crippen LogP contribution in [0.25, 0.3) is 0 Å². The highest BCUT2D eigenvalue weighted by Crippen LogP contribution is 2.01. The van der Waals surface area contributed by atoms with E-state index in [1.165, 1.54) is 0 Å². The number of amides is 2. The Bertz CT molecular complexity index is 285. The van der Waals surface area contributed by atoms with Crippen LogP contribution < -0.4 is 10.6 Å². The van der Waals surface area contributed by atoms with Gasteiger partial charge >= 0.3 is 12.0 Å². The maximum Gasteiger partial charge on any atom is 0.315 e. The van der Waals surface area contributed by atoms with Gasteiger partial charge in [-0.3, -0.25) is 4.79 Å². The van der Waals surface area contributed by atoms with Crippen molar-refractivity contribution in [1.29, 1.82) is 0 Å². The molecule has 0 aromatic carbocycles. The molecule has 0 aliphatic rings. The molecule has 0 saturated carbocycles. The standard InChI is InChI=1S/C13H27N3O4/c1-4-5-11(10-12(17)18)15-13(19)14-6-8-20-9-7-16(2)3/h11H,4-10H2,1-3H3,(H,17,18)(H2,14,15,19). The van der Waals surface area contributed by atoms with Crippen molar-refractivity contribution in [2.45, 2.75) is 32.2 Å². The molecule has 3 N–H and O–H groups in total. The van der Waals surface area contributed by atoms with E-state index in [1.807, 2.05) is 25.9 Å². The minimum absolute atomic E-state index is 0.0550. The van der Waals surface area contributed by atoms with Crippen LogP contribution in [0, 0.1) is 0 Å². The van der Waals surface area contributed by atoms with Crippen LogP contribution in [0.1, 0.15) is 26.2 Å². The van der Waals surface area contributed by atoms with Gasteiger partial charge in [-0.1, -0.05) is 13.3 Å². The molecule has 0 rings (SSSR count). The molecule has 1 atom stereocenters. The van der Waals surface area contributed by atoms with E-state index in [2.05, 4.69) is 10.6 Å². The summed E-state index contributed by atoms with van der Waals surface area (Å²) in [6.45, 7) is 4.26. The van der Waals surface area contributed by atoms with Crippen LogP contribution in [0.4, 0.5) is 4.79 Å². The van der Waals surface area contributed by atoms with Gasteiger partial charge in [0.1, 0.15) is 0 Å². The van der Waals surface area contributed by atoms with Gasteiger partial charge in [0.05, 0.1) is 19.6 Å². The minimum atomic E-state index is -0.907. The molecule has 0 aliphatic carbocycles. The largest absolute Gasteiger partial charge is 0.481 e. The van der Waals surface area contributed by atoms with Crippen LogP contribution in [0.2, 0.25) is 0 Å². The van der Waals surface area contributed by atoms with Crippen molar-refractivity contribution in [3.63, 3.8) is 0 Å². The van der Waals surface area contributed by atoms with Crippen molar-refractivity contribution in [2.24, 2.45) is 0 Å². The molecule has 7 nitrogen and oxygen atoms in total. The molecular formula is C13H27N3O4. The van der Waals surface area contributed by atoms with Crippen LogP contribution in [0.5, 0.6) is 0 Å². The highest BCUT2D eigenvalue weighted by atomic mass is 16.5. The van der Waals surface area contributed by atoms with E-state index in [1.54, 1.807) is 0 Å². The zero-order valence-electron chi connectivity index (χ0n) is 12.6. The molecule has 0 aromatic heterocycles. The summed E-state index contributed by atoms with van der Waals surface area (Å²) in [5, 5.41) is 14.1. The second-order valence-electron chi connectivity index (χ2n) is 4.90. The number of nitrogens with zero attached hydrogens (tertiary/aromatic N) is 1. The number of carbonyl (C=O) groups is 2. The lowest BCUT2D eigenvalue weighted by Crippen LogP contribution is -2.44. The molecule has 20 heavy (non-hydrogen) atoms. The molecule has 0 bridgehead atoms. The highest BCUT2D eigenvalue weighted by Gasteiger charge is 2.14. The Kier molecular flexibility index (Phi) is 10.7. The summed E-state index contributed by atoms with van der Waals surface area (Å²) in [5.41, 5.74) is 0. The zero-order valence-corrected chi connectivity index (χ0v) is 12.6. The average molecular weight is 289 g/mol. The summed E-state index contributed by atoms with van der Waals surface area (Å²) in [6.07, 6.45) is 1.42. The van der Waals surface area contributed by atoms with E-state index in [-0.39, 0.29) is 18.5 Å². The molecule has 2 amide bonds. The Hall–Kier alpha value is -1.34. The molecule has 7 heteroatoms. The number of urea groups is 1. The number of hydrogen-bond donors (Lipinski definition) is 3. The smallest absolute Gasteiger partial charge is 0.315 e. The van der Waals surface area contributed by atoms with Crippen molar-refractivity contribution >= 4 is 12.0 Å². The van der Waals surface area contributed by atoms with Crippen LogP contribution in [0.3, 0.4) is 0 Å². The van der Waals surface area contributed by atoms with Crippen molar-refractivity contribution in [2.75, 3.05) is 40.4 Å². The van der Waals surface area contributed by atoms with Crippen LogP contribution in [0.15, 0.2) is 0 Å². The van der Waals surface area contributed by atoms with Gasteiger partial charge in [0.15, 0.2) is 0 Å². The Morgan fingerprint density at radius 2 is 2.00 bits per heavy atom. The number of aliphatic carboxylic acids is 1. The maximum atomic E-state index is 11.6. The van der Waals surface area contributed by atoms with E-state index in [0.29, 0.717) is 26.2 Å². The Balaban J connectivity index is 3.71. The fraction of sp³-hybridized carbons (Fsp3) is 0.846. The quantitative estimate of drug-likeness (QED) is 0.482. The Morgan fingerprint density at radius 3 is 2.55 bits per heavy atom. The summed E-state index contributed by atoms with van der Waals surface area (Å²) >= 11 is 0. The number of likely N-dealkylation sites (N-methyl/N-ethyl adjacent to an activating group) is 1. The predicted molar refractivity (Wildman–Crippen MR) is 76.9 cm³/mol. The maximum absolute atomic E-state index is 11.6. The molecule has 0 saturated heterocycles. The average Bonchev–Trinajstić information content (AvgIpc) is 2.32. The molecule has 0 spiro atoms. The first kappa shape index (κ1) is 18.7. The second kappa shape index (κ2) is 11.5. The van der Waals surface area contributed by atoms with Gasteiger partial charge in [-0.15, -0.1) is 0 Å². The number of hydrogen-bond acceptors (Lipinski definition) is 4. The summed E-state index contributed by atoms with van der Waals surface area (Å²) in [7, 11) is 3.93. The lowest BCUT2D eigenvalue weighted by atomic mass is 10.1. The van der Waals surface area contributed by atoms with Crippen molar-refractivity contribution < 1.29 is 19.4 Å². The van der Waals surface area contributed by atoms with Gasteiger partial charge in [0.25, 0.3) is 0 Å².